The van der Waals surface area contributed by atoms with E-state index in [4.69, 9.17) is 16.3 Å². The normalized spacial score (nSPS) is 22.9. The van der Waals surface area contributed by atoms with Crippen LogP contribution in [0.2, 0.25) is 5.02 Å². The van der Waals surface area contributed by atoms with Crippen LogP contribution in [-0.2, 0) is 4.79 Å². The van der Waals surface area contributed by atoms with Crippen molar-refractivity contribution >= 4 is 17.5 Å². The largest absolute Gasteiger partial charge is 0.481 e. The molecule has 1 fully saturated rings. The number of benzene rings is 1. The molecule has 21 heavy (non-hydrogen) atoms. The van der Waals surface area contributed by atoms with Crippen LogP contribution in [0.1, 0.15) is 31.7 Å². The minimum atomic E-state index is -0.559. The number of aliphatic hydroxyl groups is 1. The Labute approximate surface area is 130 Å². The molecule has 0 bridgehead atoms. The Bertz CT molecular complexity index is 506. The molecular formula is C16H22ClNO3. The van der Waals surface area contributed by atoms with Crippen molar-refractivity contribution < 1.29 is 14.6 Å². The predicted molar refractivity (Wildman–Crippen MR) is 82.6 cm³/mol. The van der Waals surface area contributed by atoms with Gasteiger partial charge in [0.05, 0.1) is 6.10 Å². The zero-order chi connectivity index (χ0) is 15.4. The first-order valence-electron chi connectivity index (χ1n) is 7.34. The van der Waals surface area contributed by atoms with Crippen molar-refractivity contribution in [1.82, 2.24) is 5.32 Å². The highest BCUT2D eigenvalue weighted by molar-refractivity contribution is 6.30. The summed E-state index contributed by atoms with van der Waals surface area (Å²) in [5.74, 6) is 0.900. The molecule has 4 nitrogen and oxygen atoms in total. The second-order valence-corrected chi connectivity index (χ2v) is 6.18. The van der Waals surface area contributed by atoms with Gasteiger partial charge in [-0.05, 0) is 62.8 Å². The summed E-state index contributed by atoms with van der Waals surface area (Å²) in [6, 6.07) is 5.32. The summed E-state index contributed by atoms with van der Waals surface area (Å²) in [7, 11) is 0. The number of nitrogens with one attached hydrogen (secondary N) is 1. The average molecular weight is 312 g/mol. The zero-order valence-electron chi connectivity index (χ0n) is 12.4. The van der Waals surface area contributed by atoms with E-state index < -0.39 is 6.10 Å². The van der Waals surface area contributed by atoms with Crippen LogP contribution in [0.15, 0.2) is 18.2 Å². The Balaban J connectivity index is 1.82. The number of carbonyl (C=O) groups is 1. The van der Waals surface area contributed by atoms with Crippen molar-refractivity contribution in [3.8, 4) is 5.75 Å². The summed E-state index contributed by atoms with van der Waals surface area (Å²) in [5.41, 5.74) is 0.904. The molecule has 0 heterocycles. The van der Waals surface area contributed by atoms with E-state index in [0.29, 0.717) is 23.2 Å². The van der Waals surface area contributed by atoms with E-state index in [-0.39, 0.29) is 12.0 Å². The predicted octanol–water partition coefficient (Wildman–Crippen LogP) is 2.69. The van der Waals surface area contributed by atoms with Gasteiger partial charge in [-0.25, -0.2) is 0 Å². The maximum atomic E-state index is 12.0. The third-order valence-corrected chi connectivity index (χ3v) is 4.12. The van der Waals surface area contributed by atoms with Crippen LogP contribution in [0.5, 0.6) is 5.75 Å². The van der Waals surface area contributed by atoms with Crippen molar-refractivity contribution in [3.05, 3.63) is 28.8 Å². The number of hydrogen-bond acceptors (Lipinski definition) is 3. The summed E-state index contributed by atoms with van der Waals surface area (Å²) in [6.45, 7) is 4.22. The van der Waals surface area contributed by atoms with Gasteiger partial charge in [-0.15, -0.1) is 0 Å². The molecule has 1 saturated carbocycles. The van der Waals surface area contributed by atoms with Crippen molar-refractivity contribution in [2.24, 2.45) is 5.92 Å². The highest BCUT2D eigenvalue weighted by Gasteiger charge is 2.24. The Kier molecular flexibility index (Phi) is 5.48. The topological polar surface area (TPSA) is 58.6 Å². The maximum Gasteiger partial charge on any atom is 0.260 e. The molecule has 2 rings (SSSR count). The van der Waals surface area contributed by atoms with Gasteiger partial charge in [-0.3, -0.25) is 4.79 Å². The quantitative estimate of drug-likeness (QED) is 0.879. The third-order valence-electron chi connectivity index (χ3n) is 3.89. The summed E-state index contributed by atoms with van der Waals surface area (Å²) < 4.78 is 5.68. The fraction of sp³-hybridized carbons (Fsp3) is 0.562. The fourth-order valence-electron chi connectivity index (χ4n) is 2.61. The standard InChI is InChI=1S/C16H22ClNO3/c1-10-7-13(17)4-6-15(10)21-11(2)16(20)18-9-12-3-5-14(19)8-12/h4,6-7,11-12,14,19H,3,5,8-9H2,1-2H3,(H,18,20). The number of rotatable bonds is 5. The van der Waals surface area contributed by atoms with Gasteiger partial charge < -0.3 is 15.2 Å². The molecule has 3 unspecified atom stereocenters. The lowest BCUT2D eigenvalue weighted by Gasteiger charge is -2.18. The first-order chi connectivity index (χ1) is 9.95. The van der Waals surface area contributed by atoms with Crippen LogP contribution < -0.4 is 10.1 Å². The Morgan fingerprint density at radius 2 is 2.29 bits per heavy atom. The second-order valence-electron chi connectivity index (χ2n) is 5.75. The molecule has 1 aromatic rings. The molecule has 0 aliphatic heterocycles. The van der Waals surface area contributed by atoms with Crippen LogP contribution in [0.3, 0.4) is 0 Å². The molecular weight excluding hydrogens is 290 g/mol. The number of halogens is 1. The Hall–Kier alpha value is -1.26. The molecule has 0 aromatic heterocycles. The van der Waals surface area contributed by atoms with Crippen LogP contribution in [-0.4, -0.2) is 29.8 Å². The first kappa shape index (κ1) is 16.1. The van der Waals surface area contributed by atoms with Gasteiger partial charge >= 0.3 is 0 Å². The van der Waals surface area contributed by atoms with Gasteiger partial charge in [-0.1, -0.05) is 11.6 Å². The van der Waals surface area contributed by atoms with E-state index in [1.54, 1.807) is 25.1 Å². The maximum absolute atomic E-state index is 12.0. The van der Waals surface area contributed by atoms with Gasteiger partial charge in [0.2, 0.25) is 0 Å². The molecule has 1 aliphatic carbocycles. The van der Waals surface area contributed by atoms with E-state index in [0.717, 1.165) is 24.8 Å². The minimum absolute atomic E-state index is 0.134. The van der Waals surface area contributed by atoms with Gasteiger partial charge in [0.1, 0.15) is 5.75 Å². The Morgan fingerprint density at radius 1 is 1.52 bits per heavy atom. The van der Waals surface area contributed by atoms with Gasteiger partial charge in [0, 0.05) is 11.6 Å². The zero-order valence-corrected chi connectivity index (χ0v) is 13.2. The minimum Gasteiger partial charge on any atom is -0.481 e. The lowest BCUT2D eigenvalue weighted by atomic mass is 10.1. The average Bonchev–Trinajstić information content (AvgIpc) is 2.85. The number of carbonyl (C=O) groups excluding carboxylic acids is 1. The molecule has 0 saturated heterocycles. The summed E-state index contributed by atoms with van der Waals surface area (Å²) in [6.07, 6.45) is 1.79. The van der Waals surface area contributed by atoms with E-state index in [1.807, 2.05) is 6.92 Å². The molecule has 1 amide bonds. The number of amides is 1. The number of aliphatic hydroxyl groups excluding tert-OH is 1. The summed E-state index contributed by atoms with van der Waals surface area (Å²) >= 11 is 5.89. The number of aryl methyl sites for hydroxylation is 1. The molecule has 3 atom stereocenters. The van der Waals surface area contributed by atoms with E-state index in [1.165, 1.54) is 0 Å². The van der Waals surface area contributed by atoms with Crippen molar-refractivity contribution in [2.45, 2.75) is 45.3 Å². The van der Waals surface area contributed by atoms with Gasteiger partial charge in [-0.2, -0.15) is 0 Å². The van der Waals surface area contributed by atoms with Crippen molar-refractivity contribution in [1.29, 1.82) is 0 Å². The van der Waals surface area contributed by atoms with Crippen LogP contribution in [0.4, 0.5) is 0 Å². The summed E-state index contributed by atoms with van der Waals surface area (Å²) in [4.78, 5) is 12.0. The van der Waals surface area contributed by atoms with Gasteiger partial charge in [0.15, 0.2) is 6.10 Å². The lowest BCUT2D eigenvalue weighted by molar-refractivity contribution is -0.127. The second kappa shape index (κ2) is 7.14. The third kappa shape index (κ3) is 4.61. The van der Waals surface area contributed by atoms with E-state index >= 15 is 0 Å². The van der Waals surface area contributed by atoms with E-state index in [9.17, 15) is 9.90 Å². The molecule has 116 valence electrons. The summed E-state index contributed by atoms with van der Waals surface area (Å²) in [5, 5.41) is 13.0. The molecule has 1 aliphatic rings. The monoisotopic (exact) mass is 311 g/mol. The smallest absolute Gasteiger partial charge is 0.260 e. The highest BCUT2D eigenvalue weighted by Crippen LogP contribution is 2.25. The fourth-order valence-corrected chi connectivity index (χ4v) is 2.84. The lowest BCUT2D eigenvalue weighted by Crippen LogP contribution is -2.38. The first-order valence-corrected chi connectivity index (χ1v) is 7.72. The van der Waals surface area contributed by atoms with E-state index in [2.05, 4.69) is 5.32 Å². The van der Waals surface area contributed by atoms with Crippen LogP contribution in [0.25, 0.3) is 0 Å². The number of hydrogen-bond donors (Lipinski definition) is 2. The molecule has 1 aromatic carbocycles. The highest BCUT2D eigenvalue weighted by atomic mass is 35.5. The Morgan fingerprint density at radius 3 is 2.90 bits per heavy atom. The number of ether oxygens (including phenoxy) is 1. The van der Waals surface area contributed by atoms with Crippen molar-refractivity contribution in [2.75, 3.05) is 6.54 Å². The van der Waals surface area contributed by atoms with Crippen molar-refractivity contribution in [3.63, 3.8) is 0 Å². The molecule has 0 spiro atoms. The van der Waals surface area contributed by atoms with Crippen LogP contribution >= 0.6 is 11.6 Å². The molecule has 0 radical (unpaired) electrons. The SMILES string of the molecule is Cc1cc(Cl)ccc1OC(C)C(=O)NCC1CCC(O)C1. The van der Waals surface area contributed by atoms with Gasteiger partial charge in [0.25, 0.3) is 5.91 Å². The van der Waals surface area contributed by atoms with Crippen LogP contribution in [0, 0.1) is 12.8 Å². The molecule has 2 N–H and O–H groups in total. The molecule has 5 heteroatoms.